The van der Waals surface area contributed by atoms with Crippen molar-refractivity contribution in [1.82, 2.24) is 5.32 Å². The average molecular weight is 486 g/mol. The van der Waals surface area contributed by atoms with E-state index in [0.29, 0.717) is 28.3 Å². The summed E-state index contributed by atoms with van der Waals surface area (Å²) in [7, 11) is 1.46. The summed E-state index contributed by atoms with van der Waals surface area (Å²) >= 11 is 0. The van der Waals surface area contributed by atoms with Crippen molar-refractivity contribution in [3.05, 3.63) is 94.6 Å². The van der Waals surface area contributed by atoms with Gasteiger partial charge in [0.15, 0.2) is 11.5 Å². The second-order valence-electron chi connectivity index (χ2n) is 7.95. The van der Waals surface area contributed by atoms with Crippen molar-refractivity contribution in [2.75, 3.05) is 12.0 Å². The summed E-state index contributed by atoms with van der Waals surface area (Å²) in [5, 5.41) is 11.2. The fourth-order valence-corrected chi connectivity index (χ4v) is 3.66. The van der Waals surface area contributed by atoms with E-state index in [1.54, 1.807) is 61.5 Å². The number of amides is 4. The minimum atomic E-state index is -1.01. The number of urea groups is 1. The van der Waals surface area contributed by atoms with Crippen LogP contribution in [0.1, 0.15) is 27.0 Å². The van der Waals surface area contributed by atoms with Crippen LogP contribution in [-0.4, -0.2) is 36.0 Å². The van der Waals surface area contributed by atoms with Crippen molar-refractivity contribution in [2.45, 2.75) is 13.5 Å². The first-order valence-corrected chi connectivity index (χ1v) is 10.9. The standard InChI is InChI=1S/C27H22N2O7/c1-16-5-3-4-6-21(16)29-25(31)20(24(30)28-27(29)34)13-18-9-12-22(23(14-18)35-2)36-15-17-7-10-19(11-8-17)26(32)33/h3-14H,15H2,1-2H3,(H,32,33)(H,28,30,34)/b20-13+. The molecule has 0 unspecified atom stereocenters. The second-order valence-corrected chi connectivity index (χ2v) is 7.95. The van der Waals surface area contributed by atoms with Crippen LogP contribution in [0.3, 0.4) is 0 Å². The number of carbonyl (C=O) groups is 4. The Hall–Kier alpha value is -4.92. The second kappa shape index (κ2) is 10.1. The number of anilines is 1. The number of benzene rings is 3. The third kappa shape index (κ3) is 4.95. The number of carbonyl (C=O) groups excluding carboxylic acids is 3. The maximum absolute atomic E-state index is 13.1. The fourth-order valence-electron chi connectivity index (χ4n) is 3.66. The Morgan fingerprint density at radius 1 is 1.00 bits per heavy atom. The van der Waals surface area contributed by atoms with Gasteiger partial charge in [0.2, 0.25) is 0 Å². The number of nitrogens with zero attached hydrogens (tertiary/aromatic N) is 1. The zero-order valence-corrected chi connectivity index (χ0v) is 19.5. The number of carboxylic acid groups (broad SMARTS) is 1. The Kier molecular flexibility index (Phi) is 6.82. The Balaban J connectivity index is 1.57. The summed E-state index contributed by atoms with van der Waals surface area (Å²) in [6.45, 7) is 1.94. The number of carboxylic acids is 1. The first-order valence-electron chi connectivity index (χ1n) is 10.9. The Bertz CT molecular complexity index is 1390. The molecule has 0 saturated carbocycles. The van der Waals surface area contributed by atoms with Crippen LogP contribution >= 0.6 is 0 Å². The van der Waals surface area contributed by atoms with Gasteiger partial charge in [0.25, 0.3) is 11.8 Å². The molecule has 9 nitrogen and oxygen atoms in total. The van der Waals surface area contributed by atoms with E-state index in [2.05, 4.69) is 5.32 Å². The maximum Gasteiger partial charge on any atom is 0.335 e. The van der Waals surface area contributed by atoms with E-state index < -0.39 is 23.8 Å². The van der Waals surface area contributed by atoms with Gasteiger partial charge in [-0.15, -0.1) is 0 Å². The Labute approximate surface area is 206 Å². The van der Waals surface area contributed by atoms with Crippen molar-refractivity contribution in [3.8, 4) is 11.5 Å². The molecular formula is C27H22N2O7. The van der Waals surface area contributed by atoms with Gasteiger partial charge in [-0.2, -0.15) is 0 Å². The van der Waals surface area contributed by atoms with Gasteiger partial charge in [-0.1, -0.05) is 36.4 Å². The van der Waals surface area contributed by atoms with Gasteiger partial charge in [0.1, 0.15) is 12.2 Å². The van der Waals surface area contributed by atoms with Crippen molar-refractivity contribution in [2.24, 2.45) is 0 Å². The predicted molar refractivity (Wildman–Crippen MR) is 131 cm³/mol. The van der Waals surface area contributed by atoms with Gasteiger partial charge in [-0.25, -0.2) is 14.5 Å². The minimum Gasteiger partial charge on any atom is -0.493 e. The van der Waals surface area contributed by atoms with Crippen molar-refractivity contribution in [1.29, 1.82) is 0 Å². The monoisotopic (exact) mass is 486 g/mol. The highest BCUT2D eigenvalue weighted by Crippen LogP contribution is 2.31. The molecule has 9 heteroatoms. The summed E-state index contributed by atoms with van der Waals surface area (Å²) in [5.41, 5.74) is 2.32. The largest absolute Gasteiger partial charge is 0.493 e. The molecule has 4 rings (SSSR count). The smallest absolute Gasteiger partial charge is 0.335 e. The molecule has 0 spiro atoms. The average Bonchev–Trinajstić information content (AvgIpc) is 2.86. The first kappa shape index (κ1) is 24.2. The molecule has 4 amide bonds. The van der Waals surface area contributed by atoms with E-state index in [0.717, 1.165) is 10.5 Å². The number of aromatic carboxylic acids is 1. The molecule has 1 heterocycles. The lowest BCUT2D eigenvalue weighted by Crippen LogP contribution is -2.54. The molecule has 0 aromatic heterocycles. The number of nitrogens with one attached hydrogen (secondary N) is 1. The number of ether oxygens (including phenoxy) is 2. The molecule has 36 heavy (non-hydrogen) atoms. The van der Waals surface area contributed by atoms with Crippen LogP contribution in [0.15, 0.2) is 72.3 Å². The van der Waals surface area contributed by atoms with Gasteiger partial charge >= 0.3 is 12.0 Å². The number of aryl methyl sites for hydroxylation is 1. The number of imide groups is 2. The van der Waals surface area contributed by atoms with E-state index in [-0.39, 0.29) is 17.7 Å². The van der Waals surface area contributed by atoms with Crippen LogP contribution in [0.4, 0.5) is 10.5 Å². The number of barbiturate groups is 1. The fraction of sp³-hybridized carbons (Fsp3) is 0.111. The molecule has 1 aliphatic rings. The zero-order valence-electron chi connectivity index (χ0n) is 19.5. The van der Waals surface area contributed by atoms with Crippen LogP contribution in [0.5, 0.6) is 11.5 Å². The molecule has 3 aromatic carbocycles. The lowest BCUT2D eigenvalue weighted by Gasteiger charge is -2.27. The SMILES string of the molecule is COc1cc(/C=C2\C(=O)NC(=O)N(c3ccccc3C)C2=O)ccc1OCc1ccc(C(=O)O)cc1. The molecule has 2 N–H and O–H groups in total. The molecule has 0 atom stereocenters. The lowest BCUT2D eigenvalue weighted by molar-refractivity contribution is -0.122. The molecule has 0 radical (unpaired) electrons. The third-order valence-corrected chi connectivity index (χ3v) is 5.55. The Morgan fingerprint density at radius 3 is 2.39 bits per heavy atom. The topological polar surface area (TPSA) is 122 Å². The third-order valence-electron chi connectivity index (χ3n) is 5.55. The molecule has 1 aliphatic heterocycles. The number of hydrogen-bond acceptors (Lipinski definition) is 6. The number of para-hydroxylation sites is 1. The van der Waals surface area contributed by atoms with Gasteiger partial charge < -0.3 is 14.6 Å². The van der Waals surface area contributed by atoms with E-state index in [4.69, 9.17) is 14.6 Å². The molecule has 1 fully saturated rings. The van der Waals surface area contributed by atoms with Crippen molar-refractivity contribution < 1.29 is 33.8 Å². The minimum absolute atomic E-state index is 0.172. The van der Waals surface area contributed by atoms with Gasteiger partial charge in [-0.05, 0) is 60.0 Å². The van der Waals surface area contributed by atoms with E-state index in [9.17, 15) is 19.2 Å². The summed E-state index contributed by atoms with van der Waals surface area (Å²) in [6, 6.07) is 17.2. The van der Waals surface area contributed by atoms with E-state index in [1.807, 2.05) is 0 Å². The summed E-state index contributed by atoms with van der Waals surface area (Å²) in [6.07, 6.45) is 1.38. The first-order chi connectivity index (χ1) is 17.3. The highest BCUT2D eigenvalue weighted by molar-refractivity contribution is 6.39. The van der Waals surface area contributed by atoms with Crippen LogP contribution in [-0.2, 0) is 16.2 Å². The molecule has 1 saturated heterocycles. The summed E-state index contributed by atoms with van der Waals surface area (Å²) in [4.78, 5) is 50.0. The number of methoxy groups -OCH3 is 1. The highest BCUT2D eigenvalue weighted by atomic mass is 16.5. The van der Waals surface area contributed by atoms with Gasteiger partial charge in [-0.3, -0.25) is 14.9 Å². The van der Waals surface area contributed by atoms with Crippen LogP contribution in [0.25, 0.3) is 6.08 Å². The molecule has 0 bridgehead atoms. The number of rotatable bonds is 7. The van der Waals surface area contributed by atoms with Gasteiger partial charge in [0.05, 0.1) is 18.4 Å². The van der Waals surface area contributed by atoms with Gasteiger partial charge in [0, 0.05) is 0 Å². The Morgan fingerprint density at radius 2 is 1.72 bits per heavy atom. The van der Waals surface area contributed by atoms with Crippen molar-refractivity contribution >= 4 is 35.6 Å². The summed E-state index contributed by atoms with van der Waals surface area (Å²) in [5.74, 6) is -1.76. The molecule has 0 aliphatic carbocycles. The maximum atomic E-state index is 13.1. The van der Waals surface area contributed by atoms with Crippen molar-refractivity contribution in [3.63, 3.8) is 0 Å². The normalized spacial score (nSPS) is 14.6. The molecule has 182 valence electrons. The quantitative estimate of drug-likeness (QED) is 0.383. The van der Waals surface area contributed by atoms with Crippen LogP contribution < -0.4 is 19.7 Å². The molecular weight excluding hydrogens is 464 g/mol. The highest BCUT2D eigenvalue weighted by Gasteiger charge is 2.37. The zero-order chi connectivity index (χ0) is 25.8. The van der Waals surface area contributed by atoms with Crippen LogP contribution in [0.2, 0.25) is 0 Å². The lowest BCUT2D eigenvalue weighted by atomic mass is 10.1. The van der Waals surface area contributed by atoms with E-state index in [1.165, 1.54) is 25.3 Å². The predicted octanol–water partition coefficient (Wildman–Crippen LogP) is 3.95. The van der Waals surface area contributed by atoms with Crippen LogP contribution in [0, 0.1) is 6.92 Å². The summed E-state index contributed by atoms with van der Waals surface area (Å²) < 4.78 is 11.2. The molecule has 3 aromatic rings. The van der Waals surface area contributed by atoms with E-state index >= 15 is 0 Å². The number of hydrogen-bond donors (Lipinski definition) is 2.